The second kappa shape index (κ2) is 9.84. The standard InChI is InChI=1S/C28H32N4O2/c1-2-21-10-12-22(13-11-21)26-25(20-32(29-26)24-8-4-3-5-9-24)28(34)31-18-14-23(15-19-31)27(33)30-16-6-7-17-30/h3-5,8-13,20,23H,2,6-7,14-19H2,1H3. The monoisotopic (exact) mass is 456 g/mol. The number of likely N-dealkylation sites (tertiary alicyclic amines) is 2. The molecule has 0 radical (unpaired) electrons. The van der Waals surface area contributed by atoms with Gasteiger partial charge in [-0.15, -0.1) is 0 Å². The van der Waals surface area contributed by atoms with Gasteiger partial charge in [0.25, 0.3) is 5.91 Å². The Hall–Kier alpha value is -3.41. The Morgan fingerprint density at radius 3 is 2.21 bits per heavy atom. The smallest absolute Gasteiger partial charge is 0.257 e. The molecule has 0 atom stereocenters. The van der Waals surface area contributed by atoms with E-state index in [-0.39, 0.29) is 17.7 Å². The summed E-state index contributed by atoms with van der Waals surface area (Å²) >= 11 is 0. The van der Waals surface area contributed by atoms with Gasteiger partial charge >= 0.3 is 0 Å². The maximum atomic E-state index is 13.7. The summed E-state index contributed by atoms with van der Waals surface area (Å²) < 4.78 is 1.79. The molecule has 6 heteroatoms. The molecule has 2 saturated heterocycles. The van der Waals surface area contributed by atoms with Gasteiger partial charge in [-0.05, 0) is 49.8 Å². The Kier molecular flexibility index (Phi) is 6.48. The number of aromatic nitrogens is 2. The van der Waals surface area contributed by atoms with Crippen LogP contribution in [-0.2, 0) is 11.2 Å². The van der Waals surface area contributed by atoms with Crippen molar-refractivity contribution in [2.24, 2.45) is 5.92 Å². The lowest BCUT2D eigenvalue weighted by atomic mass is 9.94. The topological polar surface area (TPSA) is 58.4 Å². The number of hydrogen-bond donors (Lipinski definition) is 0. The highest BCUT2D eigenvalue weighted by Crippen LogP contribution is 2.28. The zero-order chi connectivity index (χ0) is 23.5. The molecular weight excluding hydrogens is 424 g/mol. The highest BCUT2D eigenvalue weighted by molar-refractivity contribution is 6.00. The first-order chi connectivity index (χ1) is 16.6. The lowest BCUT2D eigenvalue weighted by molar-refractivity contribution is -0.135. The number of amides is 2. The van der Waals surface area contributed by atoms with Crippen LogP contribution >= 0.6 is 0 Å². The summed E-state index contributed by atoms with van der Waals surface area (Å²) in [6, 6.07) is 18.2. The van der Waals surface area contributed by atoms with Crippen LogP contribution in [0.5, 0.6) is 0 Å². The third-order valence-electron chi connectivity index (χ3n) is 7.15. The van der Waals surface area contributed by atoms with E-state index in [2.05, 4.69) is 19.1 Å². The minimum Gasteiger partial charge on any atom is -0.342 e. The first-order valence-electron chi connectivity index (χ1n) is 12.5. The molecule has 2 amide bonds. The fourth-order valence-electron chi connectivity index (χ4n) is 5.05. The Morgan fingerprint density at radius 1 is 0.882 bits per heavy atom. The molecule has 3 aromatic rings. The molecule has 0 unspecified atom stereocenters. The van der Waals surface area contributed by atoms with Gasteiger partial charge in [-0.2, -0.15) is 5.10 Å². The van der Waals surface area contributed by atoms with Crippen molar-refractivity contribution in [1.29, 1.82) is 0 Å². The van der Waals surface area contributed by atoms with Gasteiger partial charge in [0.05, 0.1) is 11.3 Å². The van der Waals surface area contributed by atoms with Crippen LogP contribution in [0.4, 0.5) is 0 Å². The number of nitrogens with zero attached hydrogens (tertiary/aromatic N) is 4. The van der Waals surface area contributed by atoms with E-state index in [1.807, 2.05) is 58.5 Å². The fourth-order valence-corrected chi connectivity index (χ4v) is 5.05. The summed E-state index contributed by atoms with van der Waals surface area (Å²) in [5, 5.41) is 4.83. The highest BCUT2D eigenvalue weighted by Gasteiger charge is 2.32. The molecule has 6 nitrogen and oxygen atoms in total. The van der Waals surface area contributed by atoms with Crippen molar-refractivity contribution >= 4 is 11.8 Å². The van der Waals surface area contributed by atoms with Crippen LogP contribution in [0, 0.1) is 5.92 Å². The molecule has 176 valence electrons. The van der Waals surface area contributed by atoms with E-state index in [9.17, 15) is 9.59 Å². The molecule has 2 fully saturated rings. The molecule has 1 aromatic heterocycles. The molecule has 0 saturated carbocycles. The van der Waals surface area contributed by atoms with Crippen LogP contribution in [0.1, 0.15) is 48.5 Å². The average molecular weight is 457 g/mol. The lowest BCUT2D eigenvalue weighted by Gasteiger charge is -2.33. The number of hydrogen-bond acceptors (Lipinski definition) is 3. The van der Waals surface area contributed by atoms with Crippen LogP contribution in [0.25, 0.3) is 16.9 Å². The third-order valence-corrected chi connectivity index (χ3v) is 7.15. The molecule has 3 heterocycles. The maximum absolute atomic E-state index is 13.7. The molecule has 2 aliphatic rings. The summed E-state index contributed by atoms with van der Waals surface area (Å²) in [4.78, 5) is 30.4. The maximum Gasteiger partial charge on any atom is 0.257 e. The SMILES string of the molecule is CCc1ccc(-c2nn(-c3ccccc3)cc2C(=O)N2CCC(C(=O)N3CCCC3)CC2)cc1. The number of piperidine rings is 1. The van der Waals surface area contributed by atoms with Gasteiger partial charge in [-0.25, -0.2) is 4.68 Å². The van der Waals surface area contributed by atoms with Crippen LogP contribution in [0.2, 0.25) is 0 Å². The van der Waals surface area contributed by atoms with Crippen LogP contribution in [0.15, 0.2) is 60.8 Å². The number of rotatable bonds is 5. The number of para-hydroxylation sites is 1. The zero-order valence-corrected chi connectivity index (χ0v) is 19.8. The van der Waals surface area contributed by atoms with Crippen LogP contribution in [0.3, 0.4) is 0 Å². The van der Waals surface area contributed by atoms with Gasteiger partial charge in [0, 0.05) is 43.9 Å². The minimum absolute atomic E-state index is 0.0104. The Labute approximate surface area is 201 Å². The second-order valence-electron chi connectivity index (χ2n) is 9.32. The number of aryl methyl sites for hydroxylation is 1. The average Bonchev–Trinajstić information content (AvgIpc) is 3.60. The van der Waals surface area contributed by atoms with E-state index in [4.69, 9.17) is 5.10 Å². The van der Waals surface area contributed by atoms with E-state index in [0.717, 1.165) is 56.4 Å². The van der Waals surface area contributed by atoms with Crippen molar-refractivity contribution in [1.82, 2.24) is 19.6 Å². The largest absolute Gasteiger partial charge is 0.342 e. The Balaban J connectivity index is 1.38. The number of carbonyl (C=O) groups excluding carboxylic acids is 2. The minimum atomic E-state index is -0.0104. The summed E-state index contributed by atoms with van der Waals surface area (Å²) in [5.74, 6) is 0.303. The van der Waals surface area contributed by atoms with Gasteiger partial charge in [0.2, 0.25) is 5.91 Å². The van der Waals surface area contributed by atoms with E-state index in [1.54, 1.807) is 4.68 Å². The number of carbonyl (C=O) groups is 2. The normalized spacial score (nSPS) is 16.7. The number of benzene rings is 2. The molecule has 0 spiro atoms. The van der Waals surface area contributed by atoms with E-state index in [0.29, 0.717) is 24.3 Å². The molecule has 2 aromatic carbocycles. The van der Waals surface area contributed by atoms with Crippen molar-refractivity contribution in [2.75, 3.05) is 26.2 Å². The third kappa shape index (κ3) is 4.49. The first kappa shape index (κ1) is 22.4. The zero-order valence-electron chi connectivity index (χ0n) is 19.8. The predicted octanol–water partition coefficient (Wildman–Crippen LogP) is 4.58. The van der Waals surface area contributed by atoms with Gasteiger partial charge in [-0.1, -0.05) is 49.4 Å². The first-order valence-corrected chi connectivity index (χ1v) is 12.5. The summed E-state index contributed by atoms with van der Waals surface area (Å²) in [6.07, 6.45) is 6.49. The van der Waals surface area contributed by atoms with Crippen LogP contribution in [-0.4, -0.2) is 57.6 Å². The Bertz CT molecular complexity index is 1140. The molecule has 0 bridgehead atoms. The predicted molar refractivity (Wildman–Crippen MR) is 133 cm³/mol. The van der Waals surface area contributed by atoms with Crippen LogP contribution < -0.4 is 0 Å². The molecule has 0 N–H and O–H groups in total. The van der Waals surface area contributed by atoms with Gasteiger partial charge in [-0.3, -0.25) is 9.59 Å². The van der Waals surface area contributed by atoms with Gasteiger partial charge in [0.1, 0.15) is 5.69 Å². The van der Waals surface area contributed by atoms with E-state index in [1.165, 1.54) is 5.56 Å². The summed E-state index contributed by atoms with van der Waals surface area (Å²) in [6.45, 7) is 5.11. The van der Waals surface area contributed by atoms with Gasteiger partial charge in [0.15, 0.2) is 0 Å². The fraction of sp³-hybridized carbons (Fsp3) is 0.393. The molecule has 2 aliphatic heterocycles. The highest BCUT2D eigenvalue weighted by atomic mass is 16.2. The molecule has 5 rings (SSSR count). The molecule has 0 aliphatic carbocycles. The van der Waals surface area contributed by atoms with E-state index >= 15 is 0 Å². The van der Waals surface area contributed by atoms with Gasteiger partial charge < -0.3 is 9.80 Å². The summed E-state index contributed by atoms with van der Waals surface area (Å²) in [7, 11) is 0. The van der Waals surface area contributed by atoms with E-state index < -0.39 is 0 Å². The second-order valence-corrected chi connectivity index (χ2v) is 9.32. The molecule has 34 heavy (non-hydrogen) atoms. The quantitative estimate of drug-likeness (QED) is 0.565. The van der Waals surface area contributed by atoms with Crippen molar-refractivity contribution < 1.29 is 9.59 Å². The van der Waals surface area contributed by atoms with Crippen molar-refractivity contribution in [3.05, 3.63) is 71.9 Å². The van der Waals surface area contributed by atoms with Crippen molar-refractivity contribution in [3.8, 4) is 16.9 Å². The lowest BCUT2D eigenvalue weighted by Crippen LogP contribution is -2.43. The summed E-state index contributed by atoms with van der Waals surface area (Å²) in [5.41, 5.74) is 4.42. The van der Waals surface area contributed by atoms with Crippen molar-refractivity contribution in [2.45, 2.75) is 39.0 Å². The van der Waals surface area contributed by atoms with Crippen molar-refractivity contribution in [3.63, 3.8) is 0 Å². The Morgan fingerprint density at radius 2 is 1.56 bits per heavy atom. The molecular formula is C28H32N4O2.